The number of hydrogen-bond acceptors (Lipinski definition) is 6. The molecule has 2 aromatic rings. The molecule has 1 aromatic heterocycles. The maximum atomic E-state index is 11.4. The van der Waals surface area contributed by atoms with E-state index in [0.717, 1.165) is 0 Å². The van der Waals surface area contributed by atoms with E-state index in [-0.39, 0.29) is 11.4 Å². The van der Waals surface area contributed by atoms with Gasteiger partial charge in [0.1, 0.15) is 11.5 Å². The summed E-state index contributed by atoms with van der Waals surface area (Å²) in [4.78, 5) is 22.8. The summed E-state index contributed by atoms with van der Waals surface area (Å²) in [6.07, 6.45) is 0. The van der Waals surface area contributed by atoms with E-state index in [4.69, 9.17) is 9.47 Å². The van der Waals surface area contributed by atoms with E-state index in [2.05, 4.69) is 0 Å². The van der Waals surface area contributed by atoms with Crippen molar-refractivity contribution >= 4 is 11.9 Å². The summed E-state index contributed by atoms with van der Waals surface area (Å²) in [5.41, 5.74) is -1.61. The van der Waals surface area contributed by atoms with E-state index in [0.29, 0.717) is 10.3 Å². The molecule has 122 valence electrons. The van der Waals surface area contributed by atoms with Gasteiger partial charge in [0.25, 0.3) is 0 Å². The fourth-order valence-corrected chi connectivity index (χ4v) is 2.15. The molecule has 0 saturated heterocycles. The zero-order chi connectivity index (χ0) is 17.3. The summed E-state index contributed by atoms with van der Waals surface area (Å²) in [5.74, 6) is -4.86. The van der Waals surface area contributed by atoms with Gasteiger partial charge in [-0.1, -0.05) is 0 Å². The first-order valence-electron chi connectivity index (χ1n) is 6.19. The molecule has 0 fully saturated rings. The highest BCUT2D eigenvalue weighted by atomic mass is 16.5. The molecule has 23 heavy (non-hydrogen) atoms. The summed E-state index contributed by atoms with van der Waals surface area (Å²) in [7, 11) is 2.70. The Bertz CT molecular complexity index is 755. The third-order valence-electron chi connectivity index (χ3n) is 3.15. The standard InChI is InChI=1S/C14H13NO8/c1-22-6-3-4-7(8(5-6)23-2)15-9(13(18)19)11(16)12(17)10(15)14(20)21/h3-5,16-17H,1-2H3,(H,18,19)(H,20,21). The van der Waals surface area contributed by atoms with E-state index in [9.17, 15) is 30.0 Å². The lowest BCUT2D eigenvalue weighted by molar-refractivity contribution is 0.0681. The Kier molecular flexibility index (Phi) is 4.04. The van der Waals surface area contributed by atoms with Crippen LogP contribution >= 0.6 is 0 Å². The first kappa shape index (κ1) is 16.0. The number of rotatable bonds is 5. The van der Waals surface area contributed by atoms with Crippen molar-refractivity contribution in [2.75, 3.05) is 14.2 Å². The molecule has 0 aliphatic rings. The van der Waals surface area contributed by atoms with Crippen LogP contribution in [0.1, 0.15) is 21.0 Å². The van der Waals surface area contributed by atoms with Crippen LogP contribution in [0.3, 0.4) is 0 Å². The molecule has 0 aliphatic heterocycles. The number of carboxylic acid groups (broad SMARTS) is 2. The highest BCUT2D eigenvalue weighted by Crippen LogP contribution is 2.40. The number of hydrogen-bond donors (Lipinski definition) is 4. The predicted octanol–water partition coefficient (Wildman–Crippen LogP) is 1.30. The molecule has 9 heteroatoms. The molecule has 0 amide bonds. The molecular formula is C14H13NO8. The van der Waals surface area contributed by atoms with E-state index >= 15 is 0 Å². The maximum Gasteiger partial charge on any atom is 0.356 e. The fraction of sp³-hybridized carbons (Fsp3) is 0.143. The van der Waals surface area contributed by atoms with Crippen molar-refractivity contribution < 1.29 is 39.5 Å². The quantitative estimate of drug-likeness (QED) is 0.646. The van der Waals surface area contributed by atoms with Gasteiger partial charge < -0.3 is 29.9 Å². The Morgan fingerprint density at radius 1 is 0.957 bits per heavy atom. The van der Waals surface area contributed by atoms with Gasteiger partial charge in [-0.3, -0.25) is 4.57 Å². The molecule has 0 bridgehead atoms. The highest BCUT2D eigenvalue weighted by Gasteiger charge is 2.32. The Morgan fingerprint density at radius 2 is 1.48 bits per heavy atom. The molecule has 2 rings (SSSR count). The van der Waals surface area contributed by atoms with Crippen molar-refractivity contribution in [1.29, 1.82) is 0 Å². The van der Waals surface area contributed by atoms with Gasteiger partial charge in [-0.2, -0.15) is 0 Å². The molecule has 4 N–H and O–H groups in total. The minimum absolute atomic E-state index is 0.00120. The zero-order valence-electron chi connectivity index (χ0n) is 12.1. The molecule has 9 nitrogen and oxygen atoms in total. The summed E-state index contributed by atoms with van der Waals surface area (Å²) in [6.45, 7) is 0. The number of methoxy groups -OCH3 is 2. The van der Waals surface area contributed by atoms with Crippen molar-refractivity contribution in [3.05, 3.63) is 29.6 Å². The van der Waals surface area contributed by atoms with Crippen molar-refractivity contribution in [2.24, 2.45) is 0 Å². The van der Waals surface area contributed by atoms with Crippen LogP contribution < -0.4 is 9.47 Å². The molecular weight excluding hydrogens is 310 g/mol. The van der Waals surface area contributed by atoms with E-state index in [1.165, 1.54) is 32.4 Å². The number of aromatic hydroxyl groups is 2. The predicted molar refractivity (Wildman–Crippen MR) is 76.1 cm³/mol. The van der Waals surface area contributed by atoms with Gasteiger partial charge in [0.15, 0.2) is 22.9 Å². The highest BCUT2D eigenvalue weighted by molar-refractivity contribution is 5.99. The molecule has 1 aromatic carbocycles. The number of aromatic nitrogens is 1. The first-order valence-corrected chi connectivity index (χ1v) is 6.19. The SMILES string of the molecule is COc1ccc(-n2c(C(=O)O)c(O)c(O)c2C(=O)O)c(OC)c1. The topological polar surface area (TPSA) is 138 Å². The number of carbonyl (C=O) groups is 2. The third kappa shape index (κ3) is 2.48. The number of ether oxygens (including phenoxy) is 2. The zero-order valence-corrected chi connectivity index (χ0v) is 12.1. The maximum absolute atomic E-state index is 11.4. The van der Waals surface area contributed by atoms with E-state index < -0.39 is 34.8 Å². The van der Waals surface area contributed by atoms with Crippen LogP contribution in [0.25, 0.3) is 5.69 Å². The van der Waals surface area contributed by atoms with Crippen LogP contribution in [0.5, 0.6) is 23.0 Å². The normalized spacial score (nSPS) is 10.3. The monoisotopic (exact) mass is 323 g/mol. The van der Waals surface area contributed by atoms with Gasteiger partial charge in [0, 0.05) is 6.07 Å². The van der Waals surface area contributed by atoms with Crippen LogP contribution in [0.4, 0.5) is 0 Å². The molecule has 0 spiro atoms. The number of benzene rings is 1. The second kappa shape index (κ2) is 5.79. The summed E-state index contributed by atoms with van der Waals surface area (Å²) in [5, 5.41) is 38.0. The third-order valence-corrected chi connectivity index (χ3v) is 3.15. The van der Waals surface area contributed by atoms with E-state index in [1.54, 1.807) is 0 Å². The van der Waals surface area contributed by atoms with Crippen LogP contribution in [0, 0.1) is 0 Å². The number of nitrogens with zero attached hydrogens (tertiary/aromatic N) is 1. The van der Waals surface area contributed by atoms with Crippen LogP contribution in [-0.2, 0) is 0 Å². The fourth-order valence-electron chi connectivity index (χ4n) is 2.15. The number of aromatic carboxylic acids is 2. The lowest BCUT2D eigenvalue weighted by Crippen LogP contribution is -2.13. The molecule has 0 unspecified atom stereocenters. The summed E-state index contributed by atoms with van der Waals surface area (Å²) < 4.78 is 10.8. The van der Waals surface area contributed by atoms with Crippen molar-refractivity contribution in [2.45, 2.75) is 0 Å². The lowest BCUT2D eigenvalue weighted by atomic mass is 10.2. The average molecular weight is 323 g/mol. The minimum atomic E-state index is -1.62. The minimum Gasteiger partial charge on any atom is -0.503 e. The van der Waals surface area contributed by atoms with Crippen LogP contribution in [0.15, 0.2) is 18.2 Å². The Morgan fingerprint density at radius 3 is 1.87 bits per heavy atom. The molecule has 1 heterocycles. The lowest BCUT2D eigenvalue weighted by Gasteiger charge is -2.14. The van der Waals surface area contributed by atoms with Gasteiger partial charge in [0.2, 0.25) is 0 Å². The molecule has 0 aliphatic carbocycles. The first-order chi connectivity index (χ1) is 10.8. The Balaban J connectivity index is 2.89. The van der Waals surface area contributed by atoms with Gasteiger partial charge in [-0.15, -0.1) is 0 Å². The Labute approximate surface area is 129 Å². The van der Waals surface area contributed by atoms with Crippen molar-refractivity contribution in [3.63, 3.8) is 0 Å². The van der Waals surface area contributed by atoms with Gasteiger partial charge >= 0.3 is 11.9 Å². The van der Waals surface area contributed by atoms with Crippen molar-refractivity contribution in [3.8, 4) is 28.7 Å². The second-order valence-corrected chi connectivity index (χ2v) is 4.38. The van der Waals surface area contributed by atoms with Crippen LogP contribution in [0.2, 0.25) is 0 Å². The molecule has 0 atom stereocenters. The molecule has 0 radical (unpaired) electrons. The molecule has 0 saturated carbocycles. The van der Waals surface area contributed by atoms with Gasteiger partial charge in [0.05, 0.1) is 19.9 Å². The van der Waals surface area contributed by atoms with E-state index in [1.807, 2.05) is 0 Å². The van der Waals surface area contributed by atoms with Gasteiger partial charge in [-0.05, 0) is 12.1 Å². The van der Waals surface area contributed by atoms with Crippen LogP contribution in [-0.4, -0.2) is 51.2 Å². The largest absolute Gasteiger partial charge is 0.503 e. The number of carboxylic acids is 2. The smallest absolute Gasteiger partial charge is 0.356 e. The van der Waals surface area contributed by atoms with Crippen molar-refractivity contribution in [1.82, 2.24) is 4.57 Å². The average Bonchev–Trinajstić information content (AvgIpc) is 2.78. The summed E-state index contributed by atoms with van der Waals surface area (Å²) >= 11 is 0. The second-order valence-electron chi connectivity index (χ2n) is 4.38. The summed E-state index contributed by atoms with van der Waals surface area (Å²) in [6, 6.07) is 4.19. The Hall–Kier alpha value is -3.36. The van der Waals surface area contributed by atoms with Gasteiger partial charge in [-0.25, -0.2) is 9.59 Å².